The Balaban J connectivity index is 1.54. The van der Waals surface area contributed by atoms with Crippen molar-refractivity contribution < 1.29 is 31.4 Å². The number of β-amino-alcohol motifs (C(OH)–C–C–N with tert-alkyl or cyclic N) is 1. The molecule has 204 valence electrons. The van der Waals surface area contributed by atoms with Gasteiger partial charge in [0.15, 0.2) is 11.6 Å². The number of sulfonamides is 1. The molecule has 2 atom stereocenters. The predicted octanol–water partition coefficient (Wildman–Crippen LogP) is 1.93. The molecule has 16 heteroatoms. The summed E-state index contributed by atoms with van der Waals surface area (Å²) in [7, 11) is -2.97. The Morgan fingerprint density at radius 3 is 2.41 bits per heavy atom. The molecule has 1 aliphatic rings. The lowest BCUT2D eigenvalue weighted by molar-refractivity contribution is 0.154. The average Bonchev–Trinajstić information content (AvgIpc) is 3.31. The molecule has 3 aromatic heterocycles. The monoisotopic (exact) mass is 562 g/mol. The van der Waals surface area contributed by atoms with Crippen molar-refractivity contribution in [3.05, 3.63) is 66.2 Å². The third kappa shape index (κ3) is 5.33. The van der Waals surface area contributed by atoms with Crippen LogP contribution in [0.3, 0.4) is 0 Å². The highest BCUT2D eigenvalue weighted by molar-refractivity contribution is 7.93. The highest BCUT2D eigenvalue weighted by Gasteiger charge is 2.37. The van der Waals surface area contributed by atoms with E-state index in [9.17, 15) is 26.7 Å². The van der Waals surface area contributed by atoms with Crippen molar-refractivity contribution in [3.8, 4) is 23.1 Å². The van der Waals surface area contributed by atoms with Crippen molar-refractivity contribution in [2.45, 2.75) is 17.8 Å². The number of ether oxygens (including phenoxy) is 1. The molecule has 0 amide bonds. The summed E-state index contributed by atoms with van der Waals surface area (Å²) in [5.41, 5.74) is -0.535. The molecule has 0 saturated carbocycles. The van der Waals surface area contributed by atoms with Gasteiger partial charge >= 0.3 is 0 Å². The smallest absolute Gasteiger partial charge is 0.243 e. The number of aliphatic hydroxyl groups excluding tert-OH is 1. The van der Waals surface area contributed by atoms with Crippen LogP contribution < -0.4 is 14.4 Å². The first kappa shape index (κ1) is 26.3. The van der Waals surface area contributed by atoms with Gasteiger partial charge in [0, 0.05) is 19.2 Å². The molecule has 0 bridgehead atoms. The Morgan fingerprint density at radius 2 is 1.72 bits per heavy atom. The first-order valence-corrected chi connectivity index (χ1v) is 13.0. The summed E-state index contributed by atoms with van der Waals surface area (Å²) < 4.78 is 78.3. The van der Waals surface area contributed by atoms with Crippen LogP contribution in [0.15, 0.2) is 48.8 Å². The van der Waals surface area contributed by atoms with Crippen LogP contribution in [-0.4, -0.2) is 74.8 Å². The number of aliphatic hydroxyl groups is 1. The standard InChI is InChI=1S/C23H21F3N8O4S/c1-38-19-7-3-6-18(29-19)21-30-31-23(34(21)20-16(25)4-2-5-17(20)26)32-39(36,37)15-8-14(35)11-33(12-15)22-27-9-13(24)10-28-22/h2-7,9-10,14-15,35H,8,11-12H2,1H3,(H,31,32)/t14-,15+/m1/s1. The van der Waals surface area contributed by atoms with Gasteiger partial charge in [0.2, 0.25) is 27.8 Å². The van der Waals surface area contributed by atoms with Gasteiger partial charge in [0.25, 0.3) is 0 Å². The summed E-state index contributed by atoms with van der Waals surface area (Å²) in [4.78, 5) is 13.3. The van der Waals surface area contributed by atoms with Gasteiger partial charge in [-0.1, -0.05) is 12.1 Å². The molecule has 0 aliphatic carbocycles. The van der Waals surface area contributed by atoms with Crippen LogP contribution in [0.5, 0.6) is 5.88 Å². The number of para-hydroxylation sites is 1. The number of aromatic nitrogens is 6. The molecule has 4 heterocycles. The Morgan fingerprint density at radius 1 is 1.03 bits per heavy atom. The van der Waals surface area contributed by atoms with E-state index in [-0.39, 0.29) is 42.9 Å². The van der Waals surface area contributed by atoms with E-state index in [1.165, 1.54) is 18.1 Å². The van der Waals surface area contributed by atoms with Crippen molar-refractivity contribution in [2.24, 2.45) is 0 Å². The number of pyridine rings is 1. The Bertz CT molecular complexity index is 1580. The minimum absolute atomic E-state index is 0.0138. The molecule has 39 heavy (non-hydrogen) atoms. The lowest BCUT2D eigenvalue weighted by Gasteiger charge is -2.35. The maximum atomic E-state index is 14.9. The number of benzene rings is 1. The maximum absolute atomic E-state index is 14.9. The van der Waals surface area contributed by atoms with Crippen LogP contribution >= 0.6 is 0 Å². The van der Waals surface area contributed by atoms with Crippen molar-refractivity contribution in [1.82, 2.24) is 29.7 Å². The number of nitrogens with one attached hydrogen (secondary N) is 1. The van der Waals surface area contributed by atoms with E-state index in [0.29, 0.717) is 0 Å². The number of methoxy groups -OCH3 is 1. The molecule has 0 radical (unpaired) electrons. The van der Waals surface area contributed by atoms with Crippen molar-refractivity contribution >= 4 is 21.9 Å². The SMILES string of the molecule is COc1cccc(-c2nnc(NS(=O)(=O)[C@H]3C[C@@H](O)CN(c4ncc(F)cn4)C3)n2-c2c(F)cccc2F)n1. The normalized spacial score (nSPS) is 17.7. The first-order valence-electron chi connectivity index (χ1n) is 11.5. The quantitative estimate of drug-likeness (QED) is 0.342. The lowest BCUT2D eigenvalue weighted by atomic mass is 10.1. The summed E-state index contributed by atoms with van der Waals surface area (Å²) in [6, 6.07) is 7.74. The Hall–Kier alpha value is -4.31. The molecule has 1 fully saturated rings. The fraction of sp³-hybridized carbons (Fsp3) is 0.261. The number of anilines is 2. The van der Waals surface area contributed by atoms with E-state index < -0.39 is 50.5 Å². The number of halogens is 3. The summed E-state index contributed by atoms with van der Waals surface area (Å²) in [5, 5.41) is 17.0. The maximum Gasteiger partial charge on any atom is 0.243 e. The van der Waals surface area contributed by atoms with E-state index in [1.54, 1.807) is 12.1 Å². The Labute approximate surface area is 220 Å². The highest BCUT2D eigenvalue weighted by atomic mass is 32.2. The molecule has 2 N–H and O–H groups in total. The minimum atomic E-state index is -4.35. The fourth-order valence-corrected chi connectivity index (χ4v) is 5.58. The molecular weight excluding hydrogens is 541 g/mol. The van der Waals surface area contributed by atoms with Gasteiger partial charge in [0.1, 0.15) is 28.3 Å². The van der Waals surface area contributed by atoms with Gasteiger partial charge in [-0.25, -0.2) is 36.5 Å². The second kappa shape index (κ2) is 10.5. The van der Waals surface area contributed by atoms with Crippen LogP contribution in [0.1, 0.15) is 6.42 Å². The number of hydrogen-bond acceptors (Lipinski definition) is 10. The molecular formula is C23H21F3N8O4S. The largest absolute Gasteiger partial charge is 0.481 e. The van der Waals surface area contributed by atoms with E-state index in [4.69, 9.17) is 4.74 Å². The highest BCUT2D eigenvalue weighted by Crippen LogP contribution is 2.30. The van der Waals surface area contributed by atoms with E-state index in [2.05, 4.69) is 29.9 Å². The summed E-state index contributed by atoms with van der Waals surface area (Å²) in [6.45, 7) is -0.148. The van der Waals surface area contributed by atoms with Crippen LogP contribution in [0.25, 0.3) is 17.2 Å². The van der Waals surface area contributed by atoms with Crippen LogP contribution in [0, 0.1) is 17.5 Å². The van der Waals surface area contributed by atoms with Gasteiger partial charge in [-0.3, -0.25) is 9.29 Å². The third-order valence-corrected chi connectivity index (χ3v) is 7.62. The number of hydrogen-bond donors (Lipinski definition) is 2. The molecule has 1 aliphatic heterocycles. The van der Waals surface area contributed by atoms with Crippen LogP contribution in [0.2, 0.25) is 0 Å². The molecule has 5 rings (SSSR count). The van der Waals surface area contributed by atoms with Crippen molar-refractivity contribution in [3.63, 3.8) is 0 Å². The molecule has 12 nitrogen and oxygen atoms in total. The molecule has 0 spiro atoms. The fourth-order valence-electron chi connectivity index (χ4n) is 4.18. The summed E-state index contributed by atoms with van der Waals surface area (Å²) >= 11 is 0. The lowest BCUT2D eigenvalue weighted by Crippen LogP contribution is -2.50. The zero-order chi connectivity index (χ0) is 27.7. The number of piperidine rings is 1. The van der Waals surface area contributed by atoms with Gasteiger partial charge in [0.05, 0.1) is 25.6 Å². The number of rotatable bonds is 7. The first-order chi connectivity index (χ1) is 18.7. The van der Waals surface area contributed by atoms with E-state index >= 15 is 0 Å². The van der Waals surface area contributed by atoms with E-state index in [0.717, 1.165) is 35.2 Å². The summed E-state index contributed by atoms with van der Waals surface area (Å²) in [5.74, 6) is -3.16. The molecule has 1 aromatic carbocycles. The summed E-state index contributed by atoms with van der Waals surface area (Å²) in [6.07, 6.45) is 0.585. The second-order valence-corrected chi connectivity index (χ2v) is 10.5. The van der Waals surface area contributed by atoms with Crippen LogP contribution in [-0.2, 0) is 10.0 Å². The van der Waals surface area contributed by atoms with Gasteiger partial charge in [-0.2, -0.15) is 0 Å². The topological polar surface area (TPSA) is 148 Å². The third-order valence-electron chi connectivity index (χ3n) is 5.94. The average molecular weight is 563 g/mol. The van der Waals surface area contributed by atoms with Gasteiger partial charge in [-0.05, 0) is 24.6 Å². The number of nitrogens with zero attached hydrogens (tertiary/aromatic N) is 7. The van der Waals surface area contributed by atoms with Crippen LogP contribution in [0.4, 0.5) is 25.1 Å². The van der Waals surface area contributed by atoms with Gasteiger partial charge in [-0.15, -0.1) is 10.2 Å². The molecule has 1 saturated heterocycles. The second-order valence-electron chi connectivity index (χ2n) is 8.58. The molecule has 0 unspecified atom stereocenters. The minimum Gasteiger partial charge on any atom is -0.481 e. The Kier molecular flexibility index (Phi) is 7.05. The van der Waals surface area contributed by atoms with Crippen molar-refractivity contribution in [1.29, 1.82) is 0 Å². The van der Waals surface area contributed by atoms with Crippen molar-refractivity contribution in [2.75, 3.05) is 29.8 Å². The zero-order valence-electron chi connectivity index (χ0n) is 20.2. The molecule has 4 aromatic rings. The predicted molar refractivity (Wildman–Crippen MR) is 132 cm³/mol. The van der Waals surface area contributed by atoms with Gasteiger partial charge < -0.3 is 14.7 Å². The van der Waals surface area contributed by atoms with E-state index in [1.807, 2.05) is 0 Å². The zero-order valence-corrected chi connectivity index (χ0v) is 21.1.